The molecule has 6 nitrogen and oxygen atoms in total. The molecule has 0 radical (unpaired) electrons. The Balaban J connectivity index is 1.62. The van der Waals surface area contributed by atoms with Gasteiger partial charge in [0, 0.05) is 41.7 Å². The lowest BCUT2D eigenvalue weighted by Gasteiger charge is -2.39. The normalized spacial score (nSPS) is 17.7. The number of amides is 1. The largest absolute Gasteiger partial charge is 0.481 e. The van der Waals surface area contributed by atoms with Crippen LogP contribution < -0.4 is 10.2 Å². The van der Waals surface area contributed by atoms with Crippen LogP contribution in [0.5, 0.6) is 0 Å². The third-order valence-corrected chi connectivity index (χ3v) is 6.63. The van der Waals surface area contributed by atoms with E-state index in [1.807, 2.05) is 30.0 Å². The summed E-state index contributed by atoms with van der Waals surface area (Å²) in [6, 6.07) is 14.2. The molecule has 0 bridgehead atoms. The summed E-state index contributed by atoms with van der Waals surface area (Å²) in [6.45, 7) is 5.65. The number of benzene rings is 2. The second-order valence-electron chi connectivity index (χ2n) is 8.29. The van der Waals surface area contributed by atoms with Crippen molar-refractivity contribution in [3.8, 4) is 11.3 Å². The molecule has 1 amide bonds. The van der Waals surface area contributed by atoms with E-state index < -0.39 is 5.97 Å². The van der Waals surface area contributed by atoms with Crippen LogP contribution in [0.2, 0.25) is 0 Å². The predicted octanol–water partition coefficient (Wildman–Crippen LogP) is 5.43. The molecule has 2 aromatic carbocycles. The Morgan fingerprint density at radius 1 is 1.22 bits per heavy atom. The number of carbonyl (C=O) groups is 2. The molecule has 0 aliphatic carbocycles. The lowest BCUT2D eigenvalue weighted by atomic mass is 9.89. The SMILES string of the molecule is CC(=O)N1c2ccc(CCC(=O)O)cc2C(Nc2ccc(-c3csc(C)n3)cc2)CC1C. The molecule has 2 unspecified atom stereocenters. The van der Waals surface area contributed by atoms with Gasteiger partial charge in [-0.05, 0) is 56.0 Å². The van der Waals surface area contributed by atoms with Gasteiger partial charge >= 0.3 is 5.97 Å². The summed E-state index contributed by atoms with van der Waals surface area (Å²) in [5, 5.41) is 15.8. The molecule has 0 saturated heterocycles. The number of hydrogen-bond acceptors (Lipinski definition) is 5. The Morgan fingerprint density at radius 3 is 2.59 bits per heavy atom. The summed E-state index contributed by atoms with van der Waals surface area (Å²) in [7, 11) is 0. The van der Waals surface area contributed by atoms with Gasteiger partial charge in [0.05, 0.1) is 16.7 Å². The third-order valence-electron chi connectivity index (χ3n) is 5.85. The van der Waals surface area contributed by atoms with Crippen LogP contribution in [-0.4, -0.2) is 28.0 Å². The number of carbonyl (C=O) groups excluding carboxylic acids is 1. The molecule has 0 spiro atoms. The number of aromatic nitrogens is 1. The first-order valence-electron chi connectivity index (χ1n) is 10.8. The number of hydrogen-bond donors (Lipinski definition) is 2. The average molecular weight is 450 g/mol. The minimum atomic E-state index is -0.813. The quantitative estimate of drug-likeness (QED) is 0.524. The maximum Gasteiger partial charge on any atom is 0.303 e. The number of carboxylic acid groups (broad SMARTS) is 1. The van der Waals surface area contributed by atoms with Gasteiger partial charge in [0.25, 0.3) is 0 Å². The van der Waals surface area contributed by atoms with E-state index in [0.29, 0.717) is 6.42 Å². The van der Waals surface area contributed by atoms with Crippen molar-refractivity contribution in [2.75, 3.05) is 10.2 Å². The molecule has 1 aromatic heterocycles. The molecule has 32 heavy (non-hydrogen) atoms. The molecule has 2 N–H and O–H groups in total. The van der Waals surface area contributed by atoms with Crippen LogP contribution in [0.15, 0.2) is 47.8 Å². The fourth-order valence-corrected chi connectivity index (χ4v) is 4.99. The number of fused-ring (bicyclic) bond motifs is 1. The molecule has 0 fully saturated rings. The molecule has 3 aromatic rings. The maximum atomic E-state index is 12.3. The van der Waals surface area contributed by atoms with E-state index in [1.54, 1.807) is 18.3 Å². The van der Waals surface area contributed by atoms with E-state index >= 15 is 0 Å². The van der Waals surface area contributed by atoms with Gasteiger partial charge in [-0.2, -0.15) is 0 Å². The van der Waals surface area contributed by atoms with E-state index in [0.717, 1.165) is 45.2 Å². The van der Waals surface area contributed by atoms with Gasteiger partial charge in [0.1, 0.15) is 0 Å². The minimum Gasteiger partial charge on any atom is -0.481 e. The van der Waals surface area contributed by atoms with Gasteiger partial charge in [0.2, 0.25) is 5.91 Å². The van der Waals surface area contributed by atoms with E-state index in [1.165, 1.54) is 0 Å². The van der Waals surface area contributed by atoms with E-state index in [9.17, 15) is 9.59 Å². The highest BCUT2D eigenvalue weighted by Gasteiger charge is 2.32. The molecule has 166 valence electrons. The predicted molar refractivity (Wildman–Crippen MR) is 128 cm³/mol. The van der Waals surface area contributed by atoms with Crippen molar-refractivity contribution in [2.45, 2.75) is 52.1 Å². The van der Waals surface area contributed by atoms with Crippen LogP contribution in [0.25, 0.3) is 11.3 Å². The topological polar surface area (TPSA) is 82.5 Å². The number of thiazole rings is 1. The number of anilines is 2. The summed E-state index contributed by atoms with van der Waals surface area (Å²) in [4.78, 5) is 29.7. The molecule has 2 heterocycles. The number of carboxylic acids is 1. The molecule has 1 aliphatic heterocycles. The van der Waals surface area contributed by atoms with Gasteiger partial charge in [-0.1, -0.05) is 24.3 Å². The van der Waals surface area contributed by atoms with E-state index in [2.05, 4.69) is 46.9 Å². The second kappa shape index (κ2) is 9.12. The molecule has 2 atom stereocenters. The van der Waals surface area contributed by atoms with Crippen LogP contribution in [-0.2, 0) is 16.0 Å². The second-order valence-corrected chi connectivity index (χ2v) is 9.35. The van der Waals surface area contributed by atoms with Crippen LogP contribution >= 0.6 is 11.3 Å². The van der Waals surface area contributed by atoms with Gasteiger partial charge in [0.15, 0.2) is 0 Å². The Bertz CT molecular complexity index is 1140. The molecular weight excluding hydrogens is 422 g/mol. The monoisotopic (exact) mass is 449 g/mol. The highest BCUT2D eigenvalue weighted by Crippen LogP contribution is 2.40. The summed E-state index contributed by atoms with van der Waals surface area (Å²) < 4.78 is 0. The summed E-state index contributed by atoms with van der Waals surface area (Å²) >= 11 is 1.64. The van der Waals surface area contributed by atoms with Crippen LogP contribution in [0.3, 0.4) is 0 Å². The first-order chi connectivity index (χ1) is 15.3. The number of aryl methyl sites for hydroxylation is 2. The number of aliphatic carboxylic acids is 1. The average Bonchev–Trinajstić information content (AvgIpc) is 3.19. The first kappa shape index (κ1) is 22.0. The van der Waals surface area contributed by atoms with Gasteiger partial charge < -0.3 is 15.3 Å². The van der Waals surface area contributed by atoms with Gasteiger partial charge in [-0.15, -0.1) is 11.3 Å². The number of rotatable bonds is 6. The first-order valence-corrected chi connectivity index (χ1v) is 11.6. The standard InChI is InChI=1S/C25H27N3O3S/c1-15-12-22(27-20-8-6-19(7-9-20)23-14-32-16(2)26-23)21-13-18(5-11-25(30)31)4-10-24(21)28(15)17(3)29/h4,6-10,13-15,22,27H,5,11-12H2,1-3H3,(H,30,31). The Morgan fingerprint density at radius 2 is 1.97 bits per heavy atom. The zero-order valence-electron chi connectivity index (χ0n) is 18.5. The summed E-state index contributed by atoms with van der Waals surface area (Å²) in [5.74, 6) is -0.801. The maximum absolute atomic E-state index is 12.3. The van der Waals surface area contributed by atoms with Crippen LogP contribution in [0.4, 0.5) is 11.4 Å². The lowest BCUT2D eigenvalue weighted by molar-refractivity contribution is -0.137. The number of nitrogens with one attached hydrogen (secondary N) is 1. The highest BCUT2D eigenvalue weighted by atomic mass is 32.1. The van der Waals surface area contributed by atoms with Crippen molar-refractivity contribution in [1.29, 1.82) is 0 Å². The van der Waals surface area contributed by atoms with Crippen LogP contribution in [0.1, 0.15) is 48.9 Å². The Kier molecular flexibility index (Phi) is 6.28. The number of nitrogens with zero attached hydrogens (tertiary/aromatic N) is 2. The van der Waals surface area contributed by atoms with Crippen molar-refractivity contribution in [2.24, 2.45) is 0 Å². The lowest BCUT2D eigenvalue weighted by Crippen LogP contribution is -2.43. The van der Waals surface area contributed by atoms with Crippen molar-refractivity contribution in [3.63, 3.8) is 0 Å². The molecule has 0 saturated carbocycles. The zero-order valence-corrected chi connectivity index (χ0v) is 19.3. The van der Waals surface area contributed by atoms with Crippen molar-refractivity contribution >= 4 is 34.6 Å². The van der Waals surface area contributed by atoms with Gasteiger partial charge in [-0.25, -0.2) is 4.98 Å². The molecule has 4 rings (SSSR count). The zero-order chi connectivity index (χ0) is 22.8. The van der Waals surface area contributed by atoms with E-state index in [4.69, 9.17) is 5.11 Å². The Hall–Kier alpha value is -3.19. The molecule has 7 heteroatoms. The highest BCUT2D eigenvalue weighted by molar-refractivity contribution is 7.09. The Labute approximate surface area is 191 Å². The summed E-state index contributed by atoms with van der Waals surface area (Å²) in [5.41, 5.74) is 5.94. The van der Waals surface area contributed by atoms with Crippen molar-refractivity contribution < 1.29 is 14.7 Å². The minimum absolute atomic E-state index is 0.0124. The smallest absolute Gasteiger partial charge is 0.303 e. The third kappa shape index (κ3) is 4.67. The fourth-order valence-electron chi connectivity index (χ4n) is 4.37. The molecule has 1 aliphatic rings. The van der Waals surface area contributed by atoms with Crippen molar-refractivity contribution in [1.82, 2.24) is 4.98 Å². The van der Waals surface area contributed by atoms with E-state index in [-0.39, 0.29) is 24.4 Å². The molecular formula is C25H27N3O3S. The fraction of sp³-hybridized carbons (Fsp3) is 0.320. The van der Waals surface area contributed by atoms with Crippen LogP contribution in [0, 0.1) is 6.92 Å². The van der Waals surface area contributed by atoms with Gasteiger partial charge in [-0.3, -0.25) is 9.59 Å². The van der Waals surface area contributed by atoms with Crippen molar-refractivity contribution in [3.05, 3.63) is 64.0 Å². The summed E-state index contributed by atoms with van der Waals surface area (Å²) in [6.07, 6.45) is 1.32.